The highest BCUT2D eigenvalue weighted by Gasteiger charge is 2.28. The lowest BCUT2D eigenvalue weighted by Gasteiger charge is -2.10. The molecule has 4 rings (SSSR count). The van der Waals surface area contributed by atoms with E-state index in [4.69, 9.17) is 0 Å². The van der Waals surface area contributed by atoms with Crippen molar-refractivity contribution in [2.75, 3.05) is 5.01 Å². The quantitative estimate of drug-likeness (QED) is 0.659. The predicted octanol–water partition coefficient (Wildman–Crippen LogP) is 3.98. The van der Waals surface area contributed by atoms with Gasteiger partial charge in [0.25, 0.3) is 5.91 Å². The fourth-order valence-corrected chi connectivity index (χ4v) is 3.07. The average Bonchev–Trinajstić information content (AvgIpc) is 3.08. The second-order valence-electron chi connectivity index (χ2n) is 5.91. The number of para-hydroxylation sites is 2. The Kier molecular flexibility index (Phi) is 3.31. The number of carbonyl (C=O) groups is 1. The molecule has 0 saturated carbocycles. The van der Waals surface area contributed by atoms with Crippen molar-refractivity contribution < 1.29 is 4.79 Å². The standard InChI is InChI=1S/C20H17N3O/c1-14-18(20(24)23(21-14)16-8-4-3-5-9-16)12-15-13-22(2)19-11-7-6-10-17(15)19/h3-13H,1-2H3/b18-12-. The highest BCUT2D eigenvalue weighted by Crippen LogP contribution is 2.27. The van der Waals surface area contributed by atoms with Gasteiger partial charge in [-0.3, -0.25) is 4.79 Å². The van der Waals surface area contributed by atoms with E-state index in [0.717, 1.165) is 27.9 Å². The largest absolute Gasteiger partial charge is 0.350 e. The number of hydrazone groups is 1. The summed E-state index contributed by atoms with van der Waals surface area (Å²) in [6, 6.07) is 17.7. The SMILES string of the molecule is CC1=NN(c2ccccc2)C(=O)/C1=C\c1cn(C)c2ccccc12. The lowest BCUT2D eigenvalue weighted by molar-refractivity contribution is -0.114. The maximum atomic E-state index is 12.8. The van der Waals surface area contributed by atoms with Gasteiger partial charge in [0.2, 0.25) is 0 Å². The molecule has 1 aliphatic heterocycles. The molecule has 2 aromatic carbocycles. The molecule has 0 saturated heterocycles. The zero-order valence-electron chi connectivity index (χ0n) is 13.6. The van der Waals surface area contributed by atoms with Crippen LogP contribution >= 0.6 is 0 Å². The van der Waals surface area contributed by atoms with E-state index in [2.05, 4.69) is 21.8 Å². The molecule has 0 N–H and O–H groups in total. The highest BCUT2D eigenvalue weighted by molar-refractivity contribution is 6.32. The smallest absolute Gasteiger partial charge is 0.280 e. The van der Waals surface area contributed by atoms with Crippen molar-refractivity contribution in [1.82, 2.24) is 4.57 Å². The van der Waals surface area contributed by atoms with Crippen molar-refractivity contribution in [3.05, 3.63) is 71.9 Å². The Morgan fingerprint density at radius 1 is 1.00 bits per heavy atom. The van der Waals surface area contributed by atoms with Gasteiger partial charge < -0.3 is 4.57 Å². The van der Waals surface area contributed by atoms with Crippen LogP contribution in [0.4, 0.5) is 5.69 Å². The van der Waals surface area contributed by atoms with Gasteiger partial charge in [-0.2, -0.15) is 10.1 Å². The van der Waals surface area contributed by atoms with Gasteiger partial charge in [0.1, 0.15) is 0 Å². The van der Waals surface area contributed by atoms with Crippen molar-refractivity contribution in [1.29, 1.82) is 0 Å². The van der Waals surface area contributed by atoms with Crippen molar-refractivity contribution >= 4 is 34.3 Å². The minimum atomic E-state index is -0.0911. The summed E-state index contributed by atoms with van der Waals surface area (Å²) in [6.45, 7) is 1.87. The fraction of sp³-hybridized carbons (Fsp3) is 0.100. The molecule has 1 aliphatic rings. The summed E-state index contributed by atoms with van der Waals surface area (Å²) in [5, 5.41) is 7.02. The molecule has 1 amide bonds. The molecular weight excluding hydrogens is 298 g/mol. The first-order valence-corrected chi connectivity index (χ1v) is 7.86. The number of hydrogen-bond donors (Lipinski definition) is 0. The third-order valence-corrected chi connectivity index (χ3v) is 4.29. The lowest BCUT2D eigenvalue weighted by Crippen LogP contribution is -2.21. The molecule has 0 radical (unpaired) electrons. The normalized spacial score (nSPS) is 16.2. The second-order valence-corrected chi connectivity index (χ2v) is 5.91. The minimum Gasteiger partial charge on any atom is -0.350 e. The molecule has 0 bridgehead atoms. The number of rotatable bonds is 2. The Balaban J connectivity index is 1.78. The molecule has 2 heterocycles. The van der Waals surface area contributed by atoms with Crippen LogP contribution in [-0.4, -0.2) is 16.2 Å². The van der Waals surface area contributed by atoms with Crippen LogP contribution in [0.3, 0.4) is 0 Å². The molecule has 0 aliphatic carbocycles. The van der Waals surface area contributed by atoms with Gasteiger partial charge in [0.05, 0.1) is 17.0 Å². The molecule has 4 nitrogen and oxygen atoms in total. The summed E-state index contributed by atoms with van der Waals surface area (Å²) in [5.41, 5.74) is 4.32. The summed E-state index contributed by atoms with van der Waals surface area (Å²) >= 11 is 0. The van der Waals surface area contributed by atoms with Gasteiger partial charge in [0.15, 0.2) is 0 Å². The van der Waals surface area contributed by atoms with Gasteiger partial charge in [-0.15, -0.1) is 0 Å². The topological polar surface area (TPSA) is 37.6 Å². The molecule has 0 spiro atoms. The molecule has 24 heavy (non-hydrogen) atoms. The Labute approximate surface area is 140 Å². The van der Waals surface area contributed by atoms with Gasteiger partial charge in [-0.05, 0) is 31.2 Å². The molecular formula is C20H17N3O. The maximum absolute atomic E-state index is 12.8. The molecule has 1 aromatic heterocycles. The van der Waals surface area contributed by atoms with Crippen LogP contribution in [0.25, 0.3) is 17.0 Å². The zero-order chi connectivity index (χ0) is 16.7. The van der Waals surface area contributed by atoms with Crippen molar-refractivity contribution in [2.45, 2.75) is 6.92 Å². The van der Waals surface area contributed by atoms with Gasteiger partial charge >= 0.3 is 0 Å². The van der Waals surface area contributed by atoms with E-state index in [-0.39, 0.29) is 5.91 Å². The van der Waals surface area contributed by atoms with Gasteiger partial charge in [-0.25, -0.2) is 0 Å². The monoisotopic (exact) mass is 315 g/mol. The van der Waals surface area contributed by atoms with Crippen molar-refractivity contribution in [2.24, 2.45) is 12.1 Å². The number of aromatic nitrogens is 1. The Morgan fingerprint density at radius 3 is 2.50 bits per heavy atom. The molecule has 0 atom stereocenters. The summed E-state index contributed by atoms with van der Waals surface area (Å²) in [4.78, 5) is 12.8. The number of benzene rings is 2. The first-order chi connectivity index (χ1) is 11.6. The summed E-state index contributed by atoms with van der Waals surface area (Å²) in [6.07, 6.45) is 3.98. The number of anilines is 1. The second kappa shape index (κ2) is 5.49. The van der Waals surface area contributed by atoms with E-state index in [0.29, 0.717) is 5.57 Å². The first-order valence-electron chi connectivity index (χ1n) is 7.86. The van der Waals surface area contributed by atoms with Crippen LogP contribution in [0.2, 0.25) is 0 Å². The maximum Gasteiger partial charge on any atom is 0.280 e. The summed E-state index contributed by atoms with van der Waals surface area (Å²) < 4.78 is 2.07. The van der Waals surface area contributed by atoms with Crippen LogP contribution in [0, 0.1) is 0 Å². The van der Waals surface area contributed by atoms with Crippen LogP contribution < -0.4 is 5.01 Å². The third-order valence-electron chi connectivity index (χ3n) is 4.29. The molecule has 118 valence electrons. The van der Waals surface area contributed by atoms with E-state index < -0.39 is 0 Å². The number of fused-ring (bicyclic) bond motifs is 1. The van der Waals surface area contributed by atoms with Crippen LogP contribution in [0.1, 0.15) is 12.5 Å². The molecule has 3 aromatic rings. The van der Waals surface area contributed by atoms with Gasteiger partial charge in [0, 0.05) is 29.7 Å². The number of nitrogens with zero attached hydrogens (tertiary/aromatic N) is 3. The lowest BCUT2D eigenvalue weighted by atomic mass is 10.1. The molecule has 0 unspecified atom stereocenters. The Hall–Kier alpha value is -3.14. The van der Waals surface area contributed by atoms with E-state index in [1.165, 1.54) is 5.01 Å². The zero-order valence-corrected chi connectivity index (χ0v) is 13.6. The van der Waals surface area contributed by atoms with E-state index in [1.807, 2.05) is 68.7 Å². The van der Waals surface area contributed by atoms with Crippen molar-refractivity contribution in [3.63, 3.8) is 0 Å². The van der Waals surface area contributed by atoms with Gasteiger partial charge in [-0.1, -0.05) is 36.4 Å². The number of hydrogen-bond acceptors (Lipinski definition) is 2. The fourth-order valence-electron chi connectivity index (χ4n) is 3.07. The number of amides is 1. The third kappa shape index (κ3) is 2.24. The predicted molar refractivity (Wildman–Crippen MR) is 97.9 cm³/mol. The molecule has 4 heteroatoms. The van der Waals surface area contributed by atoms with Crippen molar-refractivity contribution in [3.8, 4) is 0 Å². The van der Waals surface area contributed by atoms with Crippen LogP contribution in [0.15, 0.2) is 71.5 Å². The van der Waals surface area contributed by atoms with E-state index >= 15 is 0 Å². The molecule has 0 fully saturated rings. The number of aryl methyl sites for hydroxylation is 1. The number of carbonyl (C=O) groups excluding carboxylic acids is 1. The minimum absolute atomic E-state index is 0.0911. The highest BCUT2D eigenvalue weighted by atomic mass is 16.2. The average molecular weight is 315 g/mol. The Bertz CT molecular complexity index is 996. The summed E-state index contributed by atoms with van der Waals surface area (Å²) in [7, 11) is 2.01. The van der Waals surface area contributed by atoms with E-state index in [1.54, 1.807) is 0 Å². The van der Waals surface area contributed by atoms with E-state index in [9.17, 15) is 4.79 Å². The Morgan fingerprint density at radius 2 is 1.71 bits per heavy atom. The first kappa shape index (κ1) is 14.5. The van der Waals surface area contributed by atoms with Crippen LogP contribution in [0.5, 0.6) is 0 Å². The van der Waals surface area contributed by atoms with Crippen LogP contribution in [-0.2, 0) is 11.8 Å². The summed E-state index contributed by atoms with van der Waals surface area (Å²) in [5.74, 6) is -0.0911.